The van der Waals surface area contributed by atoms with Crippen molar-refractivity contribution in [3.63, 3.8) is 0 Å². The molecular weight excluding hydrogens is 424 g/mol. The van der Waals surface area contributed by atoms with E-state index in [4.69, 9.17) is 18.6 Å². The number of carboxylic acids is 1. The van der Waals surface area contributed by atoms with Gasteiger partial charge in [0.05, 0.1) is 18.4 Å². The third-order valence-electron chi connectivity index (χ3n) is 8.22. The Morgan fingerprint density at radius 1 is 1.16 bits per heavy atom. The quantitative estimate of drug-likeness (QED) is 0.512. The second kappa shape index (κ2) is 6.57. The summed E-state index contributed by atoms with van der Waals surface area (Å²) in [6.07, 6.45) is 0.124. The van der Waals surface area contributed by atoms with E-state index in [0.29, 0.717) is 5.56 Å². The zero-order chi connectivity index (χ0) is 23.1. The first-order valence-electron chi connectivity index (χ1n) is 10.6. The van der Waals surface area contributed by atoms with Gasteiger partial charge in [0.15, 0.2) is 5.60 Å². The number of carboxylic acid groups (broad SMARTS) is 1. The van der Waals surface area contributed by atoms with Crippen LogP contribution in [-0.2, 0) is 33.4 Å². The average Bonchev–Trinajstić information content (AvgIpc) is 3.25. The Hall–Kier alpha value is -2.88. The Bertz CT molecular complexity index is 1000. The molecule has 0 aromatic carbocycles. The van der Waals surface area contributed by atoms with Gasteiger partial charge in [0, 0.05) is 24.3 Å². The summed E-state index contributed by atoms with van der Waals surface area (Å²) in [5.41, 5.74) is -4.45. The minimum atomic E-state index is -2.08. The minimum Gasteiger partial charge on any atom is -0.481 e. The van der Waals surface area contributed by atoms with E-state index < -0.39 is 76.9 Å². The summed E-state index contributed by atoms with van der Waals surface area (Å²) in [7, 11) is 0. The number of furan rings is 1. The Morgan fingerprint density at radius 2 is 1.91 bits per heavy atom. The molecule has 0 radical (unpaired) electrons. The smallest absolute Gasteiger partial charge is 0.339 e. The van der Waals surface area contributed by atoms with Crippen molar-refractivity contribution in [3.8, 4) is 0 Å². The van der Waals surface area contributed by atoms with E-state index in [1.54, 1.807) is 13.0 Å². The van der Waals surface area contributed by atoms with Crippen LogP contribution >= 0.6 is 0 Å². The number of ether oxygens (including phenoxy) is 3. The molecule has 3 saturated heterocycles. The SMILES string of the molecule is CC(=O)O[C@H]1C[C@@]2(O)C(=O)O[C@H](c3ccoc3)C[C@@]2(C)[C@@H]2C[C@@H]3C[C@H](C(=O)O)[C@]12C(=O)O3. The third kappa shape index (κ3) is 2.44. The fourth-order valence-electron chi connectivity index (χ4n) is 6.78. The van der Waals surface area contributed by atoms with Crippen molar-refractivity contribution < 1.29 is 48.0 Å². The molecular formula is C22H24O10. The van der Waals surface area contributed by atoms with Crippen molar-refractivity contribution >= 4 is 23.9 Å². The Labute approximate surface area is 182 Å². The number of cyclic esters (lactones) is 1. The van der Waals surface area contributed by atoms with Crippen LogP contribution in [0, 0.1) is 22.7 Å². The summed E-state index contributed by atoms with van der Waals surface area (Å²) in [5.74, 6) is -5.57. The summed E-state index contributed by atoms with van der Waals surface area (Å²) < 4.78 is 21.6. The molecule has 1 aromatic rings. The Balaban J connectivity index is 1.69. The van der Waals surface area contributed by atoms with Gasteiger partial charge < -0.3 is 28.8 Å². The molecule has 172 valence electrons. The molecule has 1 aromatic heterocycles. The van der Waals surface area contributed by atoms with Crippen LogP contribution in [0.2, 0.25) is 0 Å². The maximum absolute atomic E-state index is 13.3. The maximum Gasteiger partial charge on any atom is 0.339 e. The summed E-state index contributed by atoms with van der Waals surface area (Å²) in [6.45, 7) is 2.82. The first-order valence-corrected chi connectivity index (χ1v) is 10.6. The van der Waals surface area contributed by atoms with E-state index in [9.17, 15) is 29.4 Å². The van der Waals surface area contributed by atoms with Crippen LogP contribution in [0.1, 0.15) is 51.2 Å². The Kier molecular flexibility index (Phi) is 4.31. The van der Waals surface area contributed by atoms with Crippen molar-refractivity contribution in [3.05, 3.63) is 24.2 Å². The number of carbonyl (C=O) groups excluding carboxylic acids is 3. The summed E-state index contributed by atoms with van der Waals surface area (Å²) in [4.78, 5) is 50.8. The predicted octanol–water partition coefficient (Wildman–Crippen LogP) is 1.36. The van der Waals surface area contributed by atoms with Crippen LogP contribution in [-0.4, -0.2) is 51.9 Å². The van der Waals surface area contributed by atoms with Crippen LogP contribution in [0.4, 0.5) is 0 Å². The highest BCUT2D eigenvalue weighted by atomic mass is 16.6. The highest BCUT2D eigenvalue weighted by Gasteiger charge is 2.80. The molecule has 1 spiro atoms. The van der Waals surface area contributed by atoms with Gasteiger partial charge in [-0.25, -0.2) is 4.79 Å². The normalized spacial score (nSPS) is 44.7. The van der Waals surface area contributed by atoms with Crippen molar-refractivity contribution in [2.24, 2.45) is 22.7 Å². The molecule has 0 amide bonds. The third-order valence-corrected chi connectivity index (χ3v) is 8.22. The zero-order valence-electron chi connectivity index (χ0n) is 17.6. The first kappa shape index (κ1) is 21.0. The largest absolute Gasteiger partial charge is 0.481 e. The molecule has 5 aliphatic rings. The fourth-order valence-corrected chi connectivity index (χ4v) is 6.78. The summed E-state index contributed by atoms with van der Waals surface area (Å²) in [5, 5.41) is 21.8. The molecule has 0 unspecified atom stereocenters. The second-order valence-corrected chi connectivity index (χ2v) is 9.61. The van der Waals surface area contributed by atoms with E-state index in [2.05, 4.69) is 0 Å². The molecule has 2 N–H and O–H groups in total. The molecule has 10 nitrogen and oxygen atoms in total. The van der Waals surface area contributed by atoms with Crippen LogP contribution in [0.25, 0.3) is 0 Å². The van der Waals surface area contributed by atoms with E-state index >= 15 is 0 Å². The van der Waals surface area contributed by atoms with Crippen LogP contribution < -0.4 is 0 Å². The monoisotopic (exact) mass is 448 g/mol. The first-order chi connectivity index (χ1) is 15.0. The minimum absolute atomic E-state index is 0.0828. The molecule has 4 heterocycles. The van der Waals surface area contributed by atoms with Gasteiger partial charge in [-0.2, -0.15) is 0 Å². The predicted molar refractivity (Wildman–Crippen MR) is 102 cm³/mol. The van der Waals surface area contributed by atoms with Crippen molar-refractivity contribution in [1.29, 1.82) is 0 Å². The number of aliphatic carboxylic acids is 1. The number of rotatable bonds is 3. The van der Waals surface area contributed by atoms with Crippen molar-refractivity contribution in [2.75, 3.05) is 0 Å². The summed E-state index contributed by atoms with van der Waals surface area (Å²) >= 11 is 0. The standard InChI is InChI=1S/C22H24O10/c1-10(23)30-16-8-21(28)18(26)32-14(11-3-4-29-9-11)7-20(21,2)15-6-12-5-13(17(24)25)22(15,16)19(27)31-12/h3-4,9,12-16,28H,5-8H2,1-2H3,(H,24,25)/t12-,13+,14-,15-,16-,20-,21+,22+/m0/s1. The number of hydrogen-bond donors (Lipinski definition) is 2. The van der Waals surface area contributed by atoms with E-state index in [1.165, 1.54) is 12.5 Å². The molecule has 2 saturated carbocycles. The molecule has 5 fully saturated rings. The topological polar surface area (TPSA) is 150 Å². The van der Waals surface area contributed by atoms with Gasteiger partial charge in [-0.15, -0.1) is 0 Å². The number of fused-ring (bicyclic) bond motifs is 3. The highest BCUT2D eigenvalue weighted by Crippen LogP contribution is 2.70. The fraction of sp³-hybridized carbons (Fsp3) is 0.636. The van der Waals surface area contributed by atoms with Crippen molar-refractivity contribution in [2.45, 2.75) is 63.4 Å². The van der Waals surface area contributed by atoms with E-state index in [0.717, 1.165) is 6.92 Å². The van der Waals surface area contributed by atoms with Gasteiger partial charge in [-0.1, -0.05) is 6.92 Å². The molecule has 2 aliphatic carbocycles. The number of aliphatic hydroxyl groups is 1. The number of carbonyl (C=O) groups is 4. The maximum atomic E-state index is 13.3. The van der Waals surface area contributed by atoms with Crippen LogP contribution in [0.15, 0.2) is 23.0 Å². The lowest BCUT2D eigenvalue weighted by Gasteiger charge is -2.67. The lowest BCUT2D eigenvalue weighted by Crippen LogP contribution is -2.78. The van der Waals surface area contributed by atoms with Crippen molar-refractivity contribution in [1.82, 2.24) is 0 Å². The highest BCUT2D eigenvalue weighted by molar-refractivity contribution is 5.90. The van der Waals surface area contributed by atoms with E-state index in [1.807, 2.05) is 0 Å². The lowest BCUT2D eigenvalue weighted by atomic mass is 9.39. The van der Waals surface area contributed by atoms with Gasteiger partial charge in [0.1, 0.15) is 23.7 Å². The molecule has 8 atom stereocenters. The zero-order valence-corrected chi connectivity index (χ0v) is 17.6. The second-order valence-electron chi connectivity index (χ2n) is 9.61. The molecule has 32 heavy (non-hydrogen) atoms. The van der Waals surface area contributed by atoms with Crippen LogP contribution in [0.5, 0.6) is 0 Å². The van der Waals surface area contributed by atoms with Gasteiger partial charge in [0.25, 0.3) is 0 Å². The summed E-state index contributed by atoms with van der Waals surface area (Å²) in [6, 6.07) is 1.65. The van der Waals surface area contributed by atoms with Gasteiger partial charge >= 0.3 is 23.9 Å². The molecule has 2 bridgehead atoms. The average molecular weight is 448 g/mol. The van der Waals surface area contributed by atoms with E-state index in [-0.39, 0.29) is 19.3 Å². The molecule has 10 heteroatoms. The Morgan fingerprint density at radius 3 is 2.53 bits per heavy atom. The molecule has 6 rings (SSSR count). The van der Waals surface area contributed by atoms with Gasteiger partial charge in [-0.3, -0.25) is 14.4 Å². The van der Waals surface area contributed by atoms with Gasteiger partial charge in [0.2, 0.25) is 0 Å². The van der Waals surface area contributed by atoms with Gasteiger partial charge in [-0.05, 0) is 31.2 Å². The lowest BCUT2D eigenvalue weighted by molar-refractivity contribution is -0.304. The molecule has 3 aliphatic heterocycles. The number of esters is 3. The number of hydrogen-bond acceptors (Lipinski definition) is 9. The van der Waals surface area contributed by atoms with Crippen LogP contribution in [0.3, 0.4) is 0 Å².